The van der Waals surface area contributed by atoms with Crippen LogP contribution in [-0.4, -0.2) is 13.0 Å². The van der Waals surface area contributed by atoms with Gasteiger partial charge in [-0.3, -0.25) is 4.55 Å². The topological polar surface area (TPSA) is 105 Å². The van der Waals surface area contributed by atoms with E-state index < -0.39 is 10.1 Å². The fraction of sp³-hybridized carbons (Fsp3) is 0. The number of anilines is 1. The van der Waals surface area contributed by atoms with Crippen molar-refractivity contribution < 1.29 is 13.0 Å². The smallest absolute Gasteiger partial charge is 0.295 e. The zero-order valence-corrected chi connectivity index (χ0v) is 17.3. The molecule has 0 bridgehead atoms. The molecule has 154 valence electrons. The number of rotatable bonds is 5. The predicted molar refractivity (Wildman–Crippen MR) is 123 cm³/mol. The van der Waals surface area contributed by atoms with Crippen molar-refractivity contribution in [3.63, 3.8) is 0 Å². The Morgan fingerprint density at radius 1 is 0.871 bits per heavy atom. The summed E-state index contributed by atoms with van der Waals surface area (Å²) in [6.45, 7) is 3.99. The molecule has 0 spiro atoms. The van der Waals surface area contributed by atoms with Crippen molar-refractivity contribution in [3.05, 3.63) is 103 Å². The van der Waals surface area contributed by atoms with Gasteiger partial charge in [-0.1, -0.05) is 73.3 Å². The number of nitrogen functional groups attached to an aromatic ring is 1. The number of hydrogen-bond donors (Lipinski definition) is 2. The molecule has 0 aliphatic rings. The molecule has 0 saturated heterocycles. The summed E-state index contributed by atoms with van der Waals surface area (Å²) in [5.74, 6) is 0. The second-order valence-corrected chi connectivity index (χ2v) is 8.31. The van der Waals surface area contributed by atoms with E-state index in [1.54, 1.807) is 18.2 Å². The Morgan fingerprint density at radius 3 is 2.32 bits per heavy atom. The van der Waals surface area contributed by atoms with Crippen molar-refractivity contribution in [3.8, 4) is 0 Å². The average molecular weight is 430 g/mol. The number of hydrogen-bond acceptors (Lipinski definition) is 5. The van der Waals surface area contributed by atoms with E-state index >= 15 is 0 Å². The Balaban J connectivity index is 1.78. The van der Waals surface area contributed by atoms with E-state index in [9.17, 15) is 13.0 Å². The molecule has 0 amide bonds. The zero-order chi connectivity index (χ0) is 22.0. The fourth-order valence-electron chi connectivity index (χ4n) is 3.32. The van der Waals surface area contributed by atoms with Crippen LogP contribution in [0, 0.1) is 0 Å². The first-order chi connectivity index (χ1) is 14.8. The van der Waals surface area contributed by atoms with E-state index in [0.717, 1.165) is 16.3 Å². The van der Waals surface area contributed by atoms with Gasteiger partial charge in [-0.05, 0) is 34.7 Å². The summed E-state index contributed by atoms with van der Waals surface area (Å²) in [7, 11) is -4.52. The van der Waals surface area contributed by atoms with Gasteiger partial charge in [-0.15, -0.1) is 5.11 Å². The highest BCUT2D eigenvalue weighted by molar-refractivity contribution is 7.86. The Labute approximate surface area is 180 Å². The molecular formula is C24H19N3O3S. The van der Waals surface area contributed by atoms with Crippen molar-refractivity contribution in [1.82, 2.24) is 0 Å². The zero-order valence-electron chi connectivity index (χ0n) is 16.4. The molecule has 0 heterocycles. The molecule has 0 unspecified atom stereocenters. The van der Waals surface area contributed by atoms with Gasteiger partial charge in [-0.2, -0.15) is 13.5 Å². The van der Waals surface area contributed by atoms with Crippen molar-refractivity contribution in [2.75, 3.05) is 5.73 Å². The van der Waals surface area contributed by atoms with E-state index in [1.807, 2.05) is 60.7 Å². The van der Waals surface area contributed by atoms with Crippen LogP contribution in [0.1, 0.15) is 11.1 Å². The Hall–Kier alpha value is -3.81. The van der Waals surface area contributed by atoms with E-state index in [4.69, 9.17) is 5.73 Å². The number of benzene rings is 4. The highest BCUT2D eigenvalue weighted by Crippen LogP contribution is 2.35. The van der Waals surface area contributed by atoms with Crippen LogP contribution in [0.3, 0.4) is 0 Å². The molecule has 0 radical (unpaired) electrons. The van der Waals surface area contributed by atoms with Crippen LogP contribution >= 0.6 is 0 Å². The van der Waals surface area contributed by atoms with Gasteiger partial charge in [0.2, 0.25) is 0 Å². The fourth-order valence-corrected chi connectivity index (χ4v) is 4.06. The van der Waals surface area contributed by atoms with Gasteiger partial charge in [0.25, 0.3) is 10.1 Å². The monoisotopic (exact) mass is 429 g/mol. The lowest BCUT2D eigenvalue weighted by Gasteiger charge is -2.11. The van der Waals surface area contributed by atoms with Crippen molar-refractivity contribution in [1.29, 1.82) is 0 Å². The standard InChI is InChI=1S/C24H19N3O3S/c1-16(17-7-3-2-4-8-17)20-13-12-19(15-23(20)31(28,29)30)26-27-24-21-10-6-5-9-18(21)11-14-22(24)25/h2-15H,1,25H2,(H,28,29,30). The largest absolute Gasteiger partial charge is 0.397 e. The highest BCUT2D eigenvalue weighted by Gasteiger charge is 2.19. The van der Waals surface area contributed by atoms with Gasteiger partial charge >= 0.3 is 0 Å². The minimum atomic E-state index is -4.52. The Bertz CT molecular complexity index is 1430. The summed E-state index contributed by atoms with van der Waals surface area (Å²) >= 11 is 0. The molecule has 0 aliphatic carbocycles. The van der Waals surface area contributed by atoms with Crippen LogP contribution in [0.25, 0.3) is 16.3 Å². The van der Waals surface area contributed by atoms with E-state index in [0.29, 0.717) is 16.9 Å². The van der Waals surface area contributed by atoms with Gasteiger partial charge in [-0.25, -0.2) is 0 Å². The number of azo groups is 1. The van der Waals surface area contributed by atoms with E-state index in [1.165, 1.54) is 6.07 Å². The molecule has 0 aliphatic heterocycles. The molecule has 0 fully saturated rings. The molecule has 0 aromatic heterocycles. The maximum Gasteiger partial charge on any atom is 0.295 e. The molecule has 4 aromatic carbocycles. The predicted octanol–water partition coefficient (Wildman–Crippen LogP) is 6.15. The third kappa shape index (κ3) is 4.23. The minimum absolute atomic E-state index is 0.254. The van der Waals surface area contributed by atoms with Gasteiger partial charge < -0.3 is 5.73 Å². The average Bonchev–Trinajstić information content (AvgIpc) is 2.78. The van der Waals surface area contributed by atoms with Crippen LogP contribution in [0.15, 0.2) is 107 Å². The lowest BCUT2D eigenvalue weighted by atomic mass is 9.99. The summed E-state index contributed by atoms with van der Waals surface area (Å²) in [5.41, 5.74) is 8.77. The van der Waals surface area contributed by atoms with Gasteiger partial charge in [0.05, 0.1) is 11.4 Å². The van der Waals surface area contributed by atoms with Crippen molar-refractivity contribution in [2.45, 2.75) is 4.90 Å². The highest BCUT2D eigenvalue weighted by atomic mass is 32.2. The quantitative estimate of drug-likeness (QED) is 0.226. The van der Waals surface area contributed by atoms with Gasteiger partial charge in [0.15, 0.2) is 0 Å². The number of nitrogens with two attached hydrogens (primary N) is 1. The minimum Gasteiger partial charge on any atom is -0.397 e. The lowest BCUT2D eigenvalue weighted by Crippen LogP contribution is -2.03. The second kappa shape index (κ2) is 8.14. The SMILES string of the molecule is C=C(c1ccccc1)c1ccc(N=Nc2c(N)ccc3ccccc23)cc1S(=O)(=O)O. The van der Waals surface area contributed by atoms with Crippen LogP contribution in [0.5, 0.6) is 0 Å². The summed E-state index contributed by atoms with van der Waals surface area (Å²) in [5, 5.41) is 10.2. The van der Waals surface area contributed by atoms with Crippen molar-refractivity contribution >= 4 is 43.5 Å². The molecule has 3 N–H and O–H groups in total. The van der Waals surface area contributed by atoms with Crippen LogP contribution < -0.4 is 5.73 Å². The third-order valence-corrected chi connectivity index (χ3v) is 5.78. The molecule has 6 nitrogen and oxygen atoms in total. The molecule has 4 rings (SSSR count). The number of nitrogens with zero attached hydrogens (tertiary/aromatic N) is 2. The van der Waals surface area contributed by atoms with Crippen molar-refractivity contribution in [2.24, 2.45) is 10.2 Å². The maximum absolute atomic E-state index is 12.1. The molecule has 31 heavy (non-hydrogen) atoms. The summed E-state index contributed by atoms with van der Waals surface area (Å²) in [4.78, 5) is -0.288. The Morgan fingerprint density at radius 2 is 1.58 bits per heavy atom. The molecular weight excluding hydrogens is 410 g/mol. The first-order valence-corrected chi connectivity index (χ1v) is 10.8. The Kier molecular flexibility index (Phi) is 5.37. The van der Waals surface area contributed by atoms with Gasteiger partial charge in [0.1, 0.15) is 10.6 Å². The maximum atomic E-state index is 12.1. The van der Waals surface area contributed by atoms with Crippen LogP contribution in [-0.2, 0) is 10.1 Å². The van der Waals surface area contributed by atoms with E-state index in [2.05, 4.69) is 16.8 Å². The molecule has 0 saturated carbocycles. The summed E-state index contributed by atoms with van der Waals surface area (Å²) < 4.78 is 33.9. The second-order valence-electron chi connectivity index (χ2n) is 6.92. The summed E-state index contributed by atoms with van der Waals surface area (Å²) in [6.07, 6.45) is 0. The van der Waals surface area contributed by atoms with Gasteiger partial charge in [0, 0.05) is 10.9 Å². The first-order valence-electron chi connectivity index (χ1n) is 9.40. The normalized spacial score (nSPS) is 11.8. The van der Waals surface area contributed by atoms with E-state index in [-0.39, 0.29) is 16.1 Å². The van der Waals surface area contributed by atoms with Crippen LogP contribution in [0.4, 0.5) is 17.1 Å². The molecule has 0 atom stereocenters. The lowest BCUT2D eigenvalue weighted by molar-refractivity contribution is 0.483. The first kappa shape index (κ1) is 20.5. The molecule has 4 aromatic rings. The number of fused-ring (bicyclic) bond motifs is 1. The summed E-state index contributed by atoms with van der Waals surface area (Å²) in [6, 6.07) is 24.8. The van der Waals surface area contributed by atoms with Crippen LogP contribution in [0.2, 0.25) is 0 Å². The third-order valence-electron chi connectivity index (χ3n) is 4.89. The molecule has 7 heteroatoms.